The second kappa shape index (κ2) is 8.51. The highest BCUT2D eigenvalue weighted by Gasteiger charge is 2.39. The van der Waals surface area contributed by atoms with Crippen molar-refractivity contribution >= 4 is 35.7 Å². The van der Waals surface area contributed by atoms with Crippen molar-refractivity contribution in [3.8, 4) is 0 Å². The molecule has 0 atom stereocenters. The smallest absolute Gasteiger partial charge is 0.319 e. The van der Waals surface area contributed by atoms with Crippen molar-refractivity contribution in [3.05, 3.63) is 24.3 Å². The number of benzene rings is 1. The van der Waals surface area contributed by atoms with Gasteiger partial charge in [0.1, 0.15) is 5.60 Å². The lowest BCUT2D eigenvalue weighted by Gasteiger charge is -2.34. The molecule has 1 saturated carbocycles. The molecule has 1 aromatic rings. The van der Waals surface area contributed by atoms with Gasteiger partial charge in [0.05, 0.1) is 0 Å². The molecule has 0 bridgehead atoms. The van der Waals surface area contributed by atoms with Crippen LogP contribution in [-0.4, -0.2) is 43.8 Å². The largest absolute Gasteiger partial charge is 0.368 e. The van der Waals surface area contributed by atoms with E-state index in [0.717, 1.165) is 25.9 Å². The van der Waals surface area contributed by atoms with Gasteiger partial charge in [0, 0.05) is 24.5 Å². The minimum Gasteiger partial charge on any atom is -0.368 e. The molecule has 0 aromatic heterocycles. The number of halogens is 1. The summed E-state index contributed by atoms with van der Waals surface area (Å²) in [6.07, 6.45) is 3.40. The van der Waals surface area contributed by atoms with E-state index in [1.165, 1.54) is 0 Å². The first-order valence-corrected chi connectivity index (χ1v) is 8.36. The fourth-order valence-electron chi connectivity index (χ4n) is 2.82. The molecule has 2 aliphatic rings. The highest BCUT2D eigenvalue weighted by molar-refractivity contribution is 5.98. The summed E-state index contributed by atoms with van der Waals surface area (Å²) in [4.78, 5) is 24.3. The van der Waals surface area contributed by atoms with Gasteiger partial charge in [0.15, 0.2) is 0 Å². The van der Waals surface area contributed by atoms with Crippen LogP contribution in [0.2, 0.25) is 0 Å². The standard InChI is InChI=1S/C17H24N4O3.ClH/c1-24-17(8-10-18-11-9-17)15(22)19-12-2-4-13(5-3-12)20-16(23)21-14-6-7-14;/h2-5,14,18H,6-11H2,1H3,(H,19,22)(H2,20,21,23);1H. The fourth-order valence-corrected chi connectivity index (χ4v) is 2.82. The molecule has 0 spiro atoms. The lowest BCUT2D eigenvalue weighted by molar-refractivity contribution is -0.140. The molecule has 8 heteroatoms. The van der Waals surface area contributed by atoms with Crippen molar-refractivity contribution in [1.29, 1.82) is 0 Å². The highest BCUT2D eigenvalue weighted by Crippen LogP contribution is 2.25. The van der Waals surface area contributed by atoms with Gasteiger partial charge >= 0.3 is 6.03 Å². The number of ether oxygens (including phenoxy) is 1. The van der Waals surface area contributed by atoms with E-state index in [1.807, 2.05) is 0 Å². The van der Waals surface area contributed by atoms with Gasteiger partial charge in [-0.05, 0) is 63.0 Å². The summed E-state index contributed by atoms with van der Waals surface area (Å²) >= 11 is 0. The SMILES string of the molecule is COC1(C(=O)Nc2ccc(NC(=O)NC3CC3)cc2)CCNCC1.Cl. The molecule has 1 aromatic carbocycles. The number of urea groups is 1. The summed E-state index contributed by atoms with van der Waals surface area (Å²) in [6.45, 7) is 1.53. The molecule has 0 unspecified atom stereocenters. The maximum Gasteiger partial charge on any atom is 0.319 e. The molecule has 1 aliphatic carbocycles. The maximum absolute atomic E-state index is 12.6. The quantitative estimate of drug-likeness (QED) is 0.640. The Morgan fingerprint density at radius 2 is 1.64 bits per heavy atom. The Labute approximate surface area is 153 Å². The van der Waals surface area contributed by atoms with Crippen molar-refractivity contribution in [2.75, 3.05) is 30.8 Å². The van der Waals surface area contributed by atoms with E-state index in [2.05, 4.69) is 21.3 Å². The third kappa shape index (κ3) is 5.07. The van der Waals surface area contributed by atoms with Gasteiger partial charge in [0.25, 0.3) is 5.91 Å². The first-order valence-electron chi connectivity index (χ1n) is 8.36. The van der Waals surface area contributed by atoms with Crippen LogP contribution in [0.25, 0.3) is 0 Å². The van der Waals surface area contributed by atoms with E-state index in [-0.39, 0.29) is 24.3 Å². The molecule has 138 valence electrons. The van der Waals surface area contributed by atoms with Gasteiger partial charge < -0.3 is 26.0 Å². The molecule has 1 aliphatic heterocycles. The Hall–Kier alpha value is -1.83. The van der Waals surface area contributed by atoms with Gasteiger partial charge in [0.2, 0.25) is 0 Å². The number of carbonyl (C=O) groups is 2. The lowest BCUT2D eigenvalue weighted by Crippen LogP contribution is -2.51. The molecule has 4 N–H and O–H groups in total. The zero-order valence-corrected chi connectivity index (χ0v) is 15.1. The van der Waals surface area contributed by atoms with E-state index < -0.39 is 5.60 Å². The Kier molecular flexibility index (Phi) is 6.64. The molecule has 2 fully saturated rings. The molecule has 7 nitrogen and oxygen atoms in total. The second-order valence-corrected chi connectivity index (χ2v) is 6.35. The Balaban J connectivity index is 0.00000225. The number of nitrogens with one attached hydrogen (secondary N) is 4. The third-order valence-corrected chi connectivity index (χ3v) is 4.53. The molecule has 25 heavy (non-hydrogen) atoms. The number of methoxy groups -OCH3 is 1. The highest BCUT2D eigenvalue weighted by atomic mass is 35.5. The lowest BCUT2D eigenvalue weighted by atomic mass is 9.91. The maximum atomic E-state index is 12.6. The zero-order chi connectivity index (χ0) is 17.0. The molecule has 1 heterocycles. The van der Waals surface area contributed by atoms with Crippen LogP contribution in [0, 0.1) is 0 Å². The van der Waals surface area contributed by atoms with Crippen LogP contribution in [0.4, 0.5) is 16.2 Å². The van der Waals surface area contributed by atoms with Crippen LogP contribution in [0.15, 0.2) is 24.3 Å². The average molecular weight is 369 g/mol. The summed E-state index contributed by atoms with van der Waals surface area (Å²) in [7, 11) is 1.58. The summed E-state index contributed by atoms with van der Waals surface area (Å²) < 4.78 is 5.51. The van der Waals surface area contributed by atoms with Crippen molar-refractivity contribution in [2.45, 2.75) is 37.3 Å². The van der Waals surface area contributed by atoms with Gasteiger partial charge in [-0.3, -0.25) is 4.79 Å². The normalized spacial score (nSPS) is 18.6. The molecule has 1 saturated heterocycles. The molecular formula is C17H25ClN4O3. The summed E-state index contributed by atoms with van der Waals surface area (Å²) in [5.41, 5.74) is 0.601. The van der Waals surface area contributed by atoms with Gasteiger partial charge in [-0.2, -0.15) is 0 Å². The van der Waals surface area contributed by atoms with Crippen LogP contribution in [0.5, 0.6) is 0 Å². The Bertz CT molecular complexity index is 598. The van der Waals surface area contributed by atoms with Gasteiger partial charge in [-0.1, -0.05) is 0 Å². The van der Waals surface area contributed by atoms with Gasteiger partial charge in [-0.15, -0.1) is 12.4 Å². The average Bonchev–Trinajstić information content (AvgIpc) is 3.41. The number of piperidine rings is 1. The summed E-state index contributed by atoms with van der Waals surface area (Å²) in [5.74, 6) is -0.126. The minimum atomic E-state index is -0.772. The summed E-state index contributed by atoms with van der Waals surface area (Å²) in [5, 5.41) is 11.8. The fraction of sp³-hybridized carbons (Fsp3) is 0.529. The van der Waals surface area contributed by atoms with E-state index in [9.17, 15) is 9.59 Å². The van der Waals surface area contributed by atoms with Crippen LogP contribution in [0.3, 0.4) is 0 Å². The summed E-state index contributed by atoms with van der Waals surface area (Å²) in [6, 6.07) is 7.21. The van der Waals surface area contributed by atoms with E-state index in [1.54, 1.807) is 31.4 Å². The van der Waals surface area contributed by atoms with E-state index >= 15 is 0 Å². The van der Waals surface area contributed by atoms with Crippen molar-refractivity contribution in [1.82, 2.24) is 10.6 Å². The van der Waals surface area contributed by atoms with Crippen LogP contribution >= 0.6 is 12.4 Å². The number of hydrogen-bond acceptors (Lipinski definition) is 4. The van der Waals surface area contributed by atoms with Crippen molar-refractivity contribution < 1.29 is 14.3 Å². The molecular weight excluding hydrogens is 344 g/mol. The van der Waals surface area contributed by atoms with Crippen LogP contribution in [-0.2, 0) is 9.53 Å². The Morgan fingerprint density at radius 1 is 1.08 bits per heavy atom. The number of hydrogen-bond donors (Lipinski definition) is 4. The first kappa shape index (κ1) is 19.5. The van der Waals surface area contributed by atoms with Crippen molar-refractivity contribution in [3.63, 3.8) is 0 Å². The number of carbonyl (C=O) groups excluding carboxylic acids is 2. The number of rotatable bonds is 5. The number of amides is 3. The molecule has 3 rings (SSSR count). The van der Waals surface area contributed by atoms with Crippen LogP contribution < -0.4 is 21.3 Å². The predicted octanol–water partition coefficient (Wildman–Crippen LogP) is 2.10. The second-order valence-electron chi connectivity index (χ2n) is 6.35. The number of anilines is 2. The topological polar surface area (TPSA) is 91.5 Å². The minimum absolute atomic E-state index is 0. The van der Waals surface area contributed by atoms with Crippen LogP contribution in [0.1, 0.15) is 25.7 Å². The molecule has 3 amide bonds. The third-order valence-electron chi connectivity index (χ3n) is 4.53. The first-order chi connectivity index (χ1) is 11.6. The monoisotopic (exact) mass is 368 g/mol. The molecule has 0 radical (unpaired) electrons. The van der Waals surface area contributed by atoms with E-state index in [0.29, 0.717) is 30.3 Å². The van der Waals surface area contributed by atoms with Gasteiger partial charge in [-0.25, -0.2) is 4.79 Å². The van der Waals surface area contributed by atoms with Crippen molar-refractivity contribution in [2.24, 2.45) is 0 Å². The predicted molar refractivity (Wildman–Crippen MR) is 99.3 cm³/mol. The van der Waals surface area contributed by atoms with E-state index in [4.69, 9.17) is 4.74 Å². The Morgan fingerprint density at radius 3 is 2.16 bits per heavy atom. The zero-order valence-electron chi connectivity index (χ0n) is 14.3.